The predicted octanol–water partition coefficient (Wildman–Crippen LogP) is 3.13. The lowest BCUT2D eigenvalue weighted by Gasteiger charge is -2.05. The van der Waals surface area contributed by atoms with Gasteiger partial charge in [0.25, 0.3) is 5.91 Å². The van der Waals surface area contributed by atoms with Crippen LogP contribution in [0, 0.1) is 11.5 Å². The monoisotopic (exact) mass is 270 g/mol. The minimum atomic E-state index is -4.41. The first kappa shape index (κ1) is 12.4. The first-order chi connectivity index (χ1) is 8.41. The number of amides is 1. The maximum atomic E-state index is 12.5. The number of nitriles is 1. The quantitative estimate of drug-likeness (QED) is 0.639. The van der Waals surface area contributed by atoms with Gasteiger partial charge in [-0.2, -0.15) is 18.4 Å². The van der Waals surface area contributed by atoms with Crippen molar-refractivity contribution in [3.05, 3.63) is 34.7 Å². The van der Waals surface area contributed by atoms with E-state index in [9.17, 15) is 18.0 Å². The van der Waals surface area contributed by atoms with Crippen LogP contribution in [0.3, 0.4) is 0 Å². The number of rotatable bonds is 1. The summed E-state index contributed by atoms with van der Waals surface area (Å²) in [7, 11) is 0. The van der Waals surface area contributed by atoms with Crippen LogP contribution in [0.1, 0.15) is 15.2 Å². The van der Waals surface area contributed by atoms with E-state index in [1.54, 1.807) is 0 Å². The van der Waals surface area contributed by atoms with E-state index < -0.39 is 17.6 Å². The Balaban J connectivity index is 2.47. The molecule has 1 N–H and O–H groups in total. The third kappa shape index (κ3) is 2.28. The molecule has 1 amide bonds. The summed E-state index contributed by atoms with van der Waals surface area (Å²) < 4.78 is 38.0. The summed E-state index contributed by atoms with van der Waals surface area (Å²) >= 11 is 1.03. The molecule has 0 fully saturated rings. The fraction of sp³-hybridized carbons (Fsp3) is 0.0909. The fourth-order valence-corrected chi connectivity index (χ4v) is 2.38. The second-order valence-electron chi connectivity index (χ2n) is 3.43. The van der Waals surface area contributed by atoms with E-state index in [1.165, 1.54) is 18.3 Å². The lowest BCUT2D eigenvalue weighted by molar-refractivity contribution is -0.137. The predicted molar refractivity (Wildman–Crippen MR) is 59.9 cm³/mol. The number of nitrogens with zero attached hydrogens (tertiary/aromatic N) is 1. The summed E-state index contributed by atoms with van der Waals surface area (Å²) in [5.74, 6) is -0.618. The largest absolute Gasteiger partial charge is 0.416 e. The molecule has 92 valence electrons. The van der Waals surface area contributed by atoms with E-state index in [1.807, 2.05) is 5.32 Å². The van der Waals surface area contributed by atoms with Gasteiger partial charge in [0.05, 0.1) is 10.4 Å². The highest BCUT2D eigenvalue weighted by Crippen LogP contribution is 2.34. The van der Waals surface area contributed by atoms with Crippen molar-refractivity contribution in [2.24, 2.45) is 0 Å². The third-order valence-electron chi connectivity index (χ3n) is 2.24. The van der Waals surface area contributed by atoms with Gasteiger partial charge in [-0.25, -0.2) is 0 Å². The standard InChI is InChI=1S/C11H5F3N2OS/c12-11(13,14)7-1-2-8-6(3-7)4-9(18-8)10(17)16-5-15/h1-4H,(H,16,17). The lowest BCUT2D eigenvalue weighted by Crippen LogP contribution is -2.15. The molecule has 0 saturated carbocycles. The first-order valence-electron chi connectivity index (χ1n) is 4.72. The Bertz CT molecular complexity index is 654. The highest BCUT2D eigenvalue weighted by Gasteiger charge is 2.30. The van der Waals surface area contributed by atoms with Crippen LogP contribution >= 0.6 is 11.3 Å². The van der Waals surface area contributed by atoms with Crippen molar-refractivity contribution in [3.8, 4) is 6.19 Å². The Hall–Kier alpha value is -2.07. The highest BCUT2D eigenvalue weighted by atomic mass is 32.1. The van der Waals surface area contributed by atoms with Crippen molar-refractivity contribution in [2.45, 2.75) is 6.18 Å². The van der Waals surface area contributed by atoms with Gasteiger partial charge in [-0.3, -0.25) is 10.1 Å². The summed E-state index contributed by atoms with van der Waals surface area (Å²) in [6, 6.07) is 4.59. The Morgan fingerprint density at radius 3 is 2.67 bits per heavy atom. The Kier molecular flexibility index (Phi) is 2.97. The molecule has 0 bridgehead atoms. The molecule has 1 heterocycles. The summed E-state index contributed by atoms with van der Waals surface area (Å²) in [5.41, 5.74) is -0.764. The van der Waals surface area contributed by atoms with E-state index in [4.69, 9.17) is 5.26 Å². The second-order valence-corrected chi connectivity index (χ2v) is 4.51. The van der Waals surface area contributed by atoms with Crippen molar-refractivity contribution < 1.29 is 18.0 Å². The SMILES string of the molecule is N#CNC(=O)c1cc2cc(C(F)(F)F)ccc2s1. The molecule has 0 atom stereocenters. The number of hydrogen-bond donors (Lipinski definition) is 1. The van der Waals surface area contributed by atoms with Gasteiger partial charge in [0.1, 0.15) is 0 Å². The lowest BCUT2D eigenvalue weighted by atomic mass is 10.1. The van der Waals surface area contributed by atoms with Crippen LogP contribution in [0.25, 0.3) is 10.1 Å². The maximum absolute atomic E-state index is 12.5. The number of nitrogens with one attached hydrogen (secondary N) is 1. The van der Waals surface area contributed by atoms with Gasteiger partial charge in [-0.1, -0.05) is 0 Å². The Labute approximate surface area is 103 Å². The smallest absolute Gasteiger partial charge is 0.267 e. The minimum absolute atomic E-state index is 0.200. The molecule has 0 spiro atoms. The van der Waals surface area contributed by atoms with E-state index in [0.29, 0.717) is 10.1 Å². The van der Waals surface area contributed by atoms with Crippen molar-refractivity contribution in [2.75, 3.05) is 0 Å². The number of benzene rings is 1. The molecule has 0 unspecified atom stereocenters. The molecule has 3 nitrogen and oxygen atoms in total. The van der Waals surface area contributed by atoms with Crippen molar-refractivity contribution in [1.82, 2.24) is 5.32 Å². The minimum Gasteiger partial charge on any atom is -0.267 e. The number of halogens is 3. The molecular formula is C11H5F3N2OS. The molecule has 0 radical (unpaired) electrons. The molecule has 0 saturated heterocycles. The second kappa shape index (κ2) is 4.31. The Morgan fingerprint density at radius 1 is 1.33 bits per heavy atom. The van der Waals surface area contributed by atoms with Crippen molar-refractivity contribution in [3.63, 3.8) is 0 Å². The molecule has 0 aliphatic rings. The molecule has 0 aliphatic carbocycles. The molecule has 18 heavy (non-hydrogen) atoms. The first-order valence-corrected chi connectivity index (χ1v) is 5.53. The molecule has 7 heteroatoms. The van der Waals surface area contributed by atoms with Crippen molar-refractivity contribution in [1.29, 1.82) is 5.26 Å². The number of alkyl halides is 3. The van der Waals surface area contributed by atoms with Crippen LogP contribution in [0.15, 0.2) is 24.3 Å². The highest BCUT2D eigenvalue weighted by molar-refractivity contribution is 7.20. The van der Waals surface area contributed by atoms with Gasteiger partial charge in [0.2, 0.25) is 0 Å². The van der Waals surface area contributed by atoms with Crippen LogP contribution < -0.4 is 5.32 Å². The van der Waals surface area contributed by atoms with Crippen LogP contribution in [0.5, 0.6) is 0 Å². The number of carbonyl (C=O) groups is 1. The number of carbonyl (C=O) groups excluding carboxylic acids is 1. The summed E-state index contributed by atoms with van der Waals surface area (Å²) in [6.07, 6.45) is -2.94. The zero-order valence-corrected chi connectivity index (χ0v) is 9.52. The average molecular weight is 270 g/mol. The fourth-order valence-electron chi connectivity index (χ4n) is 1.44. The van der Waals surface area contributed by atoms with Crippen LogP contribution in [0.2, 0.25) is 0 Å². The van der Waals surface area contributed by atoms with Gasteiger partial charge < -0.3 is 0 Å². The van der Waals surface area contributed by atoms with E-state index in [2.05, 4.69) is 0 Å². The van der Waals surface area contributed by atoms with E-state index in [0.717, 1.165) is 23.5 Å². The molecule has 1 aromatic heterocycles. The maximum Gasteiger partial charge on any atom is 0.416 e. The third-order valence-corrected chi connectivity index (χ3v) is 3.35. The number of fused-ring (bicyclic) bond motifs is 1. The van der Waals surface area contributed by atoms with Gasteiger partial charge in [-0.05, 0) is 29.7 Å². The normalized spacial score (nSPS) is 11.2. The topological polar surface area (TPSA) is 52.9 Å². The van der Waals surface area contributed by atoms with E-state index in [-0.39, 0.29) is 4.88 Å². The molecule has 0 aliphatic heterocycles. The molecule has 1 aromatic carbocycles. The van der Waals surface area contributed by atoms with Gasteiger partial charge in [0, 0.05) is 4.70 Å². The average Bonchev–Trinajstić information content (AvgIpc) is 2.70. The summed E-state index contributed by atoms with van der Waals surface area (Å²) in [6.45, 7) is 0. The van der Waals surface area contributed by atoms with Gasteiger partial charge in [0.15, 0.2) is 6.19 Å². The molecular weight excluding hydrogens is 265 g/mol. The van der Waals surface area contributed by atoms with Gasteiger partial charge in [-0.15, -0.1) is 11.3 Å². The Morgan fingerprint density at radius 2 is 2.06 bits per heavy atom. The molecule has 2 aromatic rings. The van der Waals surface area contributed by atoms with Crippen LogP contribution in [0.4, 0.5) is 13.2 Å². The van der Waals surface area contributed by atoms with Crippen LogP contribution in [-0.4, -0.2) is 5.91 Å². The summed E-state index contributed by atoms with van der Waals surface area (Å²) in [5, 5.41) is 10.6. The summed E-state index contributed by atoms with van der Waals surface area (Å²) in [4.78, 5) is 11.6. The molecule has 2 rings (SSSR count). The zero-order chi connectivity index (χ0) is 13.3. The van der Waals surface area contributed by atoms with Crippen LogP contribution in [-0.2, 0) is 6.18 Å². The van der Waals surface area contributed by atoms with Gasteiger partial charge >= 0.3 is 6.18 Å². The zero-order valence-electron chi connectivity index (χ0n) is 8.71. The number of thiophene rings is 1. The number of hydrogen-bond acceptors (Lipinski definition) is 3. The van der Waals surface area contributed by atoms with Crippen molar-refractivity contribution >= 4 is 27.3 Å². The van der Waals surface area contributed by atoms with E-state index >= 15 is 0 Å².